The van der Waals surface area contributed by atoms with Gasteiger partial charge in [0.15, 0.2) is 0 Å². The summed E-state index contributed by atoms with van der Waals surface area (Å²) in [5.74, 6) is 5.56. The van der Waals surface area contributed by atoms with Gasteiger partial charge in [0.1, 0.15) is 0 Å². The first-order valence-corrected chi connectivity index (χ1v) is 9.00. The average Bonchev–Trinajstić information content (AvgIpc) is 3.07. The molecule has 104 valence electrons. The van der Waals surface area contributed by atoms with Crippen LogP contribution in [0.1, 0.15) is 65.7 Å². The minimum atomic E-state index is 0.911. The van der Waals surface area contributed by atoms with Crippen LogP contribution in [-0.4, -0.2) is 0 Å². The Balaban J connectivity index is 1.12. The number of hydrogen-bond acceptors (Lipinski definition) is 0. The van der Waals surface area contributed by atoms with E-state index < -0.39 is 0 Å². The molecule has 0 aromatic rings. The second kappa shape index (κ2) is 2.46. The van der Waals surface area contributed by atoms with E-state index in [2.05, 4.69) is 20.8 Å². The SMILES string of the molecule is CC(C)C1CC12CC2CC1CC12CC21CC12CC2C. The topological polar surface area (TPSA) is 0 Å². The van der Waals surface area contributed by atoms with Crippen molar-refractivity contribution in [2.75, 3.05) is 0 Å². The van der Waals surface area contributed by atoms with Gasteiger partial charge in [-0.2, -0.15) is 0 Å². The first kappa shape index (κ1) is 10.7. The fourth-order valence-electron chi connectivity index (χ4n) is 7.81. The average molecular weight is 256 g/mol. The third-order valence-electron chi connectivity index (χ3n) is 9.41. The van der Waals surface area contributed by atoms with E-state index >= 15 is 0 Å². The Morgan fingerprint density at radius 1 is 0.947 bits per heavy atom. The minimum Gasteiger partial charge on any atom is -0.0625 e. The van der Waals surface area contributed by atoms with Crippen LogP contribution in [0.4, 0.5) is 0 Å². The van der Waals surface area contributed by atoms with E-state index in [0.717, 1.165) is 39.4 Å². The highest BCUT2D eigenvalue weighted by Crippen LogP contribution is 3.04. The van der Waals surface area contributed by atoms with Crippen LogP contribution in [0.15, 0.2) is 0 Å². The molecule has 0 nitrogen and oxygen atoms in total. The van der Waals surface area contributed by atoms with Crippen LogP contribution >= 0.6 is 0 Å². The molecule has 0 aromatic heterocycles. The third kappa shape index (κ3) is 0.940. The van der Waals surface area contributed by atoms with Crippen LogP contribution in [0.25, 0.3) is 0 Å². The minimum absolute atomic E-state index is 0.911. The largest absolute Gasteiger partial charge is 0.0625 e. The van der Waals surface area contributed by atoms with E-state index in [1.165, 1.54) is 11.8 Å². The molecule has 6 aliphatic carbocycles. The lowest BCUT2D eigenvalue weighted by Crippen LogP contribution is -1.96. The predicted molar refractivity (Wildman–Crippen MR) is 76.5 cm³/mol. The number of hydrogen-bond donors (Lipinski definition) is 0. The molecule has 6 aliphatic rings. The first-order valence-electron chi connectivity index (χ1n) is 9.00. The first-order chi connectivity index (χ1) is 9.00. The quantitative estimate of drug-likeness (QED) is 0.675. The molecule has 0 bridgehead atoms. The molecule has 8 unspecified atom stereocenters. The van der Waals surface area contributed by atoms with Crippen molar-refractivity contribution in [1.29, 1.82) is 0 Å². The van der Waals surface area contributed by atoms with E-state index in [9.17, 15) is 0 Å². The standard InChI is InChI=1S/C19H28/c1-11(2)15-8-16(15)6-13(16)4-14-7-18(14)10-19(18)9-17(19)5-12(17)3/h11-15H,4-10H2,1-3H3. The molecular formula is C19H28. The molecule has 0 heteroatoms. The van der Waals surface area contributed by atoms with Crippen molar-refractivity contribution in [3.63, 3.8) is 0 Å². The van der Waals surface area contributed by atoms with Gasteiger partial charge in [-0.25, -0.2) is 0 Å². The van der Waals surface area contributed by atoms with Gasteiger partial charge in [-0.3, -0.25) is 0 Å². The molecule has 6 saturated carbocycles. The zero-order valence-corrected chi connectivity index (χ0v) is 12.8. The maximum absolute atomic E-state index is 2.52. The Morgan fingerprint density at radius 2 is 1.68 bits per heavy atom. The van der Waals surface area contributed by atoms with Crippen molar-refractivity contribution in [1.82, 2.24) is 0 Å². The second-order valence-electron chi connectivity index (χ2n) is 10.2. The number of rotatable bonds is 3. The van der Waals surface area contributed by atoms with Gasteiger partial charge in [0.05, 0.1) is 0 Å². The van der Waals surface area contributed by atoms with Gasteiger partial charge in [-0.05, 0) is 96.2 Å². The van der Waals surface area contributed by atoms with Crippen LogP contribution < -0.4 is 0 Å². The molecule has 19 heavy (non-hydrogen) atoms. The molecule has 6 rings (SSSR count). The normalized spacial score (nSPS) is 73.3. The van der Waals surface area contributed by atoms with Crippen LogP contribution in [0.2, 0.25) is 0 Å². The van der Waals surface area contributed by atoms with Crippen molar-refractivity contribution in [3.8, 4) is 0 Å². The molecule has 0 amide bonds. The molecule has 0 aliphatic heterocycles. The molecule has 0 radical (unpaired) electrons. The summed E-state index contributed by atoms with van der Waals surface area (Å²) >= 11 is 0. The zero-order chi connectivity index (χ0) is 12.8. The van der Waals surface area contributed by atoms with E-state index in [4.69, 9.17) is 0 Å². The lowest BCUT2D eigenvalue weighted by atomic mass is 10.0. The van der Waals surface area contributed by atoms with E-state index in [-0.39, 0.29) is 0 Å². The van der Waals surface area contributed by atoms with E-state index in [1.807, 2.05) is 0 Å². The fourth-order valence-corrected chi connectivity index (χ4v) is 7.81. The maximum atomic E-state index is 2.52. The Hall–Kier alpha value is 0. The fraction of sp³-hybridized carbons (Fsp3) is 1.00. The monoisotopic (exact) mass is 256 g/mol. The lowest BCUT2D eigenvalue weighted by Gasteiger charge is -2.02. The third-order valence-corrected chi connectivity index (χ3v) is 9.41. The molecule has 0 N–H and O–H groups in total. The maximum Gasteiger partial charge on any atom is -0.0167 e. The molecule has 6 fully saturated rings. The second-order valence-corrected chi connectivity index (χ2v) is 10.2. The smallest absolute Gasteiger partial charge is 0.0167 e. The van der Waals surface area contributed by atoms with Crippen molar-refractivity contribution in [3.05, 3.63) is 0 Å². The van der Waals surface area contributed by atoms with Gasteiger partial charge in [-0.15, -0.1) is 0 Å². The summed E-state index contributed by atoms with van der Waals surface area (Å²) < 4.78 is 0. The highest BCUT2D eigenvalue weighted by atomic mass is 15.0. The molecule has 8 atom stereocenters. The van der Waals surface area contributed by atoms with Gasteiger partial charge in [-0.1, -0.05) is 20.8 Å². The highest BCUT2D eigenvalue weighted by molar-refractivity contribution is 5.45. The predicted octanol–water partition coefficient (Wildman–Crippen LogP) is 4.89. The molecule has 0 saturated heterocycles. The van der Waals surface area contributed by atoms with Crippen molar-refractivity contribution < 1.29 is 0 Å². The molecule has 0 heterocycles. The Labute approximate surface area is 117 Å². The Bertz CT molecular complexity index is 506. The number of fused-ring (bicyclic) bond motifs is 2. The Kier molecular flexibility index (Phi) is 1.38. The van der Waals surface area contributed by atoms with Gasteiger partial charge < -0.3 is 0 Å². The molecule has 0 aromatic carbocycles. The summed E-state index contributed by atoms with van der Waals surface area (Å²) in [6.07, 6.45) is 11.4. The van der Waals surface area contributed by atoms with Gasteiger partial charge >= 0.3 is 0 Å². The highest BCUT2D eigenvalue weighted by Gasteiger charge is 2.97. The van der Waals surface area contributed by atoms with Crippen LogP contribution in [0, 0.1) is 51.2 Å². The van der Waals surface area contributed by atoms with Crippen LogP contribution in [0.5, 0.6) is 0 Å². The summed E-state index contributed by atoms with van der Waals surface area (Å²) in [7, 11) is 0. The summed E-state index contributed by atoms with van der Waals surface area (Å²) in [5, 5.41) is 0. The molecule has 4 spiro atoms. The van der Waals surface area contributed by atoms with Crippen molar-refractivity contribution in [2.45, 2.75) is 65.7 Å². The van der Waals surface area contributed by atoms with E-state index in [1.54, 1.807) is 44.9 Å². The zero-order valence-electron chi connectivity index (χ0n) is 12.8. The van der Waals surface area contributed by atoms with Crippen LogP contribution in [-0.2, 0) is 0 Å². The summed E-state index contributed by atoms with van der Waals surface area (Å²) in [5.41, 5.74) is 3.74. The Morgan fingerprint density at radius 3 is 2.26 bits per heavy atom. The summed E-state index contributed by atoms with van der Waals surface area (Å²) in [6, 6.07) is 0. The summed E-state index contributed by atoms with van der Waals surface area (Å²) in [6.45, 7) is 7.42. The van der Waals surface area contributed by atoms with Crippen LogP contribution in [0.3, 0.4) is 0 Å². The van der Waals surface area contributed by atoms with Gasteiger partial charge in [0.2, 0.25) is 0 Å². The van der Waals surface area contributed by atoms with Gasteiger partial charge in [0.25, 0.3) is 0 Å². The van der Waals surface area contributed by atoms with E-state index in [0.29, 0.717) is 0 Å². The van der Waals surface area contributed by atoms with Crippen molar-refractivity contribution in [2.24, 2.45) is 51.2 Å². The van der Waals surface area contributed by atoms with Crippen molar-refractivity contribution >= 4 is 0 Å². The molecular weight excluding hydrogens is 228 g/mol. The lowest BCUT2D eigenvalue weighted by molar-refractivity contribution is 0.458. The van der Waals surface area contributed by atoms with Gasteiger partial charge in [0, 0.05) is 0 Å². The summed E-state index contributed by atoms with van der Waals surface area (Å²) in [4.78, 5) is 0.